The number of aromatic amines is 1. The number of pyridine rings is 1. The molecule has 7 nitrogen and oxygen atoms in total. The number of fused-ring (bicyclic) bond motifs is 1. The maximum atomic E-state index is 12.5. The lowest BCUT2D eigenvalue weighted by molar-refractivity contribution is -0.112. The number of carbonyl (C=O) groups is 1. The minimum Gasteiger partial charge on any atom is -0.366 e. The van der Waals surface area contributed by atoms with Gasteiger partial charge in [-0.2, -0.15) is 0 Å². The molecule has 0 aliphatic heterocycles. The number of sulfonamides is 1. The van der Waals surface area contributed by atoms with Gasteiger partial charge in [0.25, 0.3) is 10.0 Å². The second-order valence-electron chi connectivity index (χ2n) is 6.54. The van der Waals surface area contributed by atoms with Crippen molar-refractivity contribution in [1.29, 1.82) is 0 Å². The summed E-state index contributed by atoms with van der Waals surface area (Å²) in [6.07, 6.45) is 3.38. The fraction of sp³-hybridized carbons (Fsp3) is 0. The van der Waals surface area contributed by atoms with E-state index in [1.807, 2.05) is 18.2 Å². The number of benzene rings is 2. The van der Waals surface area contributed by atoms with Gasteiger partial charge in [-0.3, -0.25) is 9.52 Å². The van der Waals surface area contributed by atoms with Crippen molar-refractivity contribution in [3.05, 3.63) is 90.1 Å². The lowest BCUT2D eigenvalue weighted by atomic mass is 10.0. The molecule has 0 aliphatic rings. The quantitative estimate of drug-likeness (QED) is 0.416. The molecule has 0 radical (unpaired) electrons. The summed E-state index contributed by atoms with van der Waals surface area (Å²) >= 11 is 0. The molecule has 0 fully saturated rings. The topological polar surface area (TPSA) is 118 Å². The molecule has 0 bridgehead atoms. The first-order valence-electron chi connectivity index (χ1n) is 9.07. The Bertz CT molecular complexity index is 1350. The van der Waals surface area contributed by atoms with Gasteiger partial charge in [0.15, 0.2) is 0 Å². The predicted molar refractivity (Wildman–Crippen MR) is 117 cm³/mol. The average Bonchev–Trinajstić information content (AvgIpc) is 3.14. The van der Waals surface area contributed by atoms with Gasteiger partial charge < -0.3 is 10.7 Å². The van der Waals surface area contributed by atoms with E-state index < -0.39 is 15.9 Å². The molecule has 8 heteroatoms. The molecule has 0 saturated carbocycles. The van der Waals surface area contributed by atoms with Gasteiger partial charge in [0.05, 0.1) is 4.90 Å². The lowest BCUT2D eigenvalue weighted by Gasteiger charge is -2.07. The summed E-state index contributed by atoms with van der Waals surface area (Å²) in [7, 11) is -3.74. The van der Waals surface area contributed by atoms with Crippen molar-refractivity contribution in [2.45, 2.75) is 4.90 Å². The number of hydrogen-bond donors (Lipinski definition) is 3. The molecule has 4 aromatic rings. The van der Waals surface area contributed by atoms with Crippen LogP contribution in [0.2, 0.25) is 0 Å². The third kappa shape index (κ3) is 3.94. The van der Waals surface area contributed by atoms with Gasteiger partial charge in [0, 0.05) is 22.7 Å². The van der Waals surface area contributed by atoms with Crippen LogP contribution in [0.3, 0.4) is 0 Å². The summed E-state index contributed by atoms with van der Waals surface area (Å²) in [5, 5.41) is 0.729. The summed E-state index contributed by atoms with van der Waals surface area (Å²) in [4.78, 5) is 19.5. The van der Waals surface area contributed by atoms with Gasteiger partial charge in [-0.1, -0.05) is 48.5 Å². The monoisotopic (exact) mass is 418 g/mol. The maximum absolute atomic E-state index is 12.5. The van der Waals surface area contributed by atoms with Crippen LogP contribution in [0.5, 0.6) is 0 Å². The number of anilines is 1. The minimum atomic E-state index is -3.74. The van der Waals surface area contributed by atoms with E-state index in [1.165, 1.54) is 12.1 Å². The van der Waals surface area contributed by atoms with Gasteiger partial charge >= 0.3 is 0 Å². The van der Waals surface area contributed by atoms with Crippen LogP contribution in [0.25, 0.3) is 22.7 Å². The van der Waals surface area contributed by atoms with Crippen LogP contribution >= 0.6 is 0 Å². The SMILES string of the molecule is NC(=O)/C(=C\c1c[nH]c2nc(NS(=O)(=O)c3ccccc3)ccc12)c1ccccc1. The van der Waals surface area contributed by atoms with E-state index in [9.17, 15) is 13.2 Å². The molecule has 4 N–H and O–H groups in total. The van der Waals surface area contributed by atoms with E-state index in [-0.39, 0.29) is 10.7 Å². The molecule has 0 aliphatic carbocycles. The molecule has 0 unspecified atom stereocenters. The van der Waals surface area contributed by atoms with E-state index >= 15 is 0 Å². The number of hydrogen-bond acceptors (Lipinski definition) is 4. The Hall–Kier alpha value is -3.91. The highest BCUT2D eigenvalue weighted by molar-refractivity contribution is 7.92. The second-order valence-corrected chi connectivity index (χ2v) is 8.23. The van der Waals surface area contributed by atoms with Gasteiger partial charge in [-0.15, -0.1) is 0 Å². The Labute approximate surface area is 173 Å². The third-order valence-corrected chi connectivity index (χ3v) is 5.88. The Kier molecular flexibility index (Phi) is 5.07. The Morgan fingerprint density at radius 2 is 1.63 bits per heavy atom. The molecular formula is C22H18N4O3S. The van der Waals surface area contributed by atoms with Crippen molar-refractivity contribution >= 4 is 44.4 Å². The highest BCUT2D eigenvalue weighted by Gasteiger charge is 2.15. The number of nitrogens with zero attached hydrogens (tertiary/aromatic N) is 1. The molecule has 150 valence electrons. The number of amides is 1. The second kappa shape index (κ2) is 7.84. The van der Waals surface area contributed by atoms with Crippen molar-refractivity contribution < 1.29 is 13.2 Å². The van der Waals surface area contributed by atoms with Crippen LogP contribution in [-0.2, 0) is 14.8 Å². The van der Waals surface area contributed by atoms with Crippen LogP contribution in [0.4, 0.5) is 5.82 Å². The van der Waals surface area contributed by atoms with Crippen LogP contribution in [0.15, 0.2) is 83.9 Å². The van der Waals surface area contributed by atoms with Crippen molar-refractivity contribution in [1.82, 2.24) is 9.97 Å². The first kappa shape index (κ1) is 19.4. The maximum Gasteiger partial charge on any atom is 0.263 e. The summed E-state index contributed by atoms with van der Waals surface area (Å²) in [6.45, 7) is 0. The number of primary amides is 1. The Morgan fingerprint density at radius 1 is 0.967 bits per heavy atom. The summed E-state index contributed by atoms with van der Waals surface area (Å²) in [6, 6.07) is 20.5. The first-order chi connectivity index (χ1) is 14.4. The number of nitrogens with one attached hydrogen (secondary N) is 2. The number of aromatic nitrogens is 2. The fourth-order valence-corrected chi connectivity index (χ4v) is 4.09. The zero-order valence-electron chi connectivity index (χ0n) is 15.7. The zero-order valence-corrected chi connectivity index (χ0v) is 16.6. The molecule has 30 heavy (non-hydrogen) atoms. The Balaban J connectivity index is 1.68. The number of rotatable bonds is 6. The normalized spacial score (nSPS) is 12.1. The van der Waals surface area contributed by atoms with Crippen molar-refractivity contribution in [3.8, 4) is 0 Å². The minimum absolute atomic E-state index is 0.149. The number of nitrogens with two attached hydrogens (primary N) is 1. The fourth-order valence-electron chi connectivity index (χ4n) is 3.07. The van der Waals surface area contributed by atoms with E-state index in [1.54, 1.807) is 54.7 Å². The lowest BCUT2D eigenvalue weighted by Crippen LogP contribution is -2.13. The molecular weight excluding hydrogens is 400 g/mol. The average molecular weight is 418 g/mol. The third-order valence-electron chi connectivity index (χ3n) is 4.51. The smallest absolute Gasteiger partial charge is 0.263 e. The Morgan fingerprint density at radius 3 is 2.30 bits per heavy atom. The van der Waals surface area contributed by atoms with E-state index in [0.29, 0.717) is 22.3 Å². The molecule has 4 rings (SSSR count). The molecule has 0 saturated heterocycles. The summed E-state index contributed by atoms with van der Waals surface area (Å²) < 4.78 is 27.5. The van der Waals surface area contributed by atoms with E-state index in [2.05, 4.69) is 14.7 Å². The largest absolute Gasteiger partial charge is 0.366 e. The van der Waals surface area contributed by atoms with Crippen LogP contribution in [-0.4, -0.2) is 24.3 Å². The van der Waals surface area contributed by atoms with Crippen LogP contribution < -0.4 is 10.5 Å². The van der Waals surface area contributed by atoms with E-state index in [0.717, 1.165) is 5.39 Å². The van der Waals surface area contributed by atoms with E-state index in [4.69, 9.17) is 5.73 Å². The van der Waals surface area contributed by atoms with Crippen molar-refractivity contribution in [2.75, 3.05) is 4.72 Å². The highest BCUT2D eigenvalue weighted by atomic mass is 32.2. The van der Waals surface area contributed by atoms with Crippen molar-refractivity contribution in [2.24, 2.45) is 5.73 Å². The number of H-pyrrole nitrogens is 1. The standard InChI is InChI=1S/C22H18N4O3S/c23-21(27)19(15-7-3-1-4-8-15)13-16-14-24-22-18(16)11-12-20(25-22)26-30(28,29)17-9-5-2-6-10-17/h1-14H,(H2,23,27)(H2,24,25,26)/b19-13-. The number of carbonyl (C=O) groups excluding carboxylic acids is 1. The molecule has 1 amide bonds. The highest BCUT2D eigenvalue weighted by Crippen LogP contribution is 2.25. The molecule has 2 heterocycles. The van der Waals surface area contributed by atoms with Gasteiger partial charge in [-0.05, 0) is 35.9 Å². The molecule has 0 spiro atoms. The molecule has 0 atom stereocenters. The van der Waals surface area contributed by atoms with Gasteiger partial charge in [-0.25, -0.2) is 13.4 Å². The van der Waals surface area contributed by atoms with Crippen molar-refractivity contribution in [3.63, 3.8) is 0 Å². The summed E-state index contributed by atoms with van der Waals surface area (Å²) in [5.74, 6) is -0.363. The van der Waals surface area contributed by atoms with Crippen LogP contribution in [0, 0.1) is 0 Å². The zero-order chi connectivity index (χ0) is 21.1. The molecule has 2 aromatic carbocycles. The first-order valence-corrected chi connectivity index (χ1v) is 10.6. The molecule has 2 aromatic heterocycles. The van der Waals surface area contributed by atoms with Gasteiger partial charge in [0.2, 0.25) is 5.91 Å². The predicted octanol–water partition coefficient (Wildman–Crippen LogP) is 3.39. The van der Waals surface area contributed by atoms with Crippen LogP contribution in [0.1, 0.15) is 11.1 Å². The summed E-state index contributed by atoms with van der Waals surface area (Å²) in [5.41, 5.74) is 7.84. The van der Waals surface area contributed by atoms with Gasteiger partial charge in [0.1, 0.15) is 11.5 Å².